The van der Waals surface area contributed by atoms with Gasteiger partial charge in [0.05, 0.1) is 17.8 Å². The van der Waals surface area contributed by atoms with Crippen molar-refractivity contribution in [2.75, 3.05) is 26.8 Å². The van der Waals surface area contributed by atoms with E-state index in [1.54, 1.807) is 20.1 Å². The number of hydrogen-bond acceptors (Lipinski definition) is 5. The minimum atomic E-state index is -0.427. The Hall–Kier alpha value is -1.73. The van der Waals surface area contributed by atoms with Crippen molar-refractivity contribution >= 4 is 18.2 Å². The highest BCUT2D eigenvalue weighted by Crippen LogP contribution is 2.18. The molecule has 0 aromatic heterocycles. The number of amides is 3. The lowest BCUT2D eigenvalue weighted by molar-refractivity contribution is -0.134. The second kappa shape index (κ2) is 11.8. The molecule has 0 aliphatic carbocycles. The van der Waals surface area contributed by atoms with E-state index in [1.807, 2.05) is 27.7 Å². The van der Waals surface area contributed by atoms with Gasteiger partial charge in [0.1, 0.15) is 0 Å². The molecule has 3 amide bonds. The summed E-state index contributed by atoms with van der Waals surface area (Å²) in [6, 6.07) is 0. The number of hydrogen-bond donors (Lipinski definition) is 1. The van der Waals surface area contributed by atoms with Gasteiger partial charge in [0.15, 0.2) is 0 Å². The number of carbonyl (C=O) groups excluding carboxylic acids is 3. The molecule has 0 heterocycles. The molecule has 150 valence electrons. The first-order valence-corrected chi connectivity index (χ1v) is 8.91. The first-order chi connectivity index (χ1) is 12.1. The quantitative estimate of drug-likeness (QED) is 0.396. The maximum Gasteiger partial charge on any atom is 0.252 e. The van der Waals surface area contributed by atoms with E-state index >= 15 is 0 Å². The normalized spacial score (nSPS) is 12.2. The van der Waals surface area contributed by atoms with Crippen molar-refractivity contribution in [3.8, 4) is 0 Å². The Morgan fingerprint density at radius 1 is 1.12 bits per heavy atom. The number of ether oxygens (including phenoxy) is 2. The van der Waals surface area contributed by atoms with E-state index in [9.17, 15) is 14.4 Å². The minimum absolute atomic E-state index is 0.0600. The molecule has 0 spiro atoms. The first kappa shape index (κ1) is 24.3. The molecule has 1 N–H and O–H groups in total. The number of rotatable bonds is 13. The Labute approximate surface area is 157 Å². The molecule has 7 heteroatoms. The summed E-state index contributed by atoms with van der Waals surface area (Å²) in [5.74, 6) is -0.634. The van der Waals surface area contributed by atoms with Crippen LogP contribution < -0.4 is 5.32 Å². The second-order valence-corrected chi connectivity index (χ2v) is 7.31. The summed E-state index contributed by atoms with van der Waals surface area (Å²) < 4.78 is 11.2. The zero-order chi connectivity index (χ0) is 20.2. The fourth-order valence-electron chi connectivity index (χ4n) is 2.01. The fourth-order valence-corrected chi connectivity index (χ4v) is 2.01. The Balaban J connectivity index is 4.11. The molecule has 0 rings (SSSR count). The Morgan fingerprint density at radius 2 is 1.77 bits per heavy atom. The van der Waals surface area contributed by atoms with E-state index < -0.39 is 5.91 Å². The summed E-state index contributed by atoms with van der Waals surface area (Å²) in [5, 5.41) is 2.79. The lowest BCUT2D eigenvalue weighted by Gasteiger charge is -2.29. The lowest BCUT2D eigenvalue weighted by Crippen LogP contribution is -2.36. The van der Waals surface area contributed by atoms with Crippen LogP contribution in [-0.2, 0) is 23.9 Å². The molecule has 0 aliphatic rings. The highest BCUT2D eigenvalue weighted by Gasteiger charge is 2.22. The van der Waals surface area contributed by atoms with E-state index in [2.05, 4.69) is 5.32 Å². The topological polar surface area (TPSA) is 84.9 Å². The molecule has 0 saturated carbocycles. The van der Waals surface area contributed by atoms with Gasteiger partial charge in [-0.1, -0.05) is 6.08 Å². The molecular weight excluding hydrogens is 336 g/mol. The van der Waals surface area contributed by atoms with Gasteiger partial charge in [0.2, 0.25) is 12.3 Å². The van der Waals surface area contributed by atoms with Gasteiger partial charge in [0.25, 0.3) is 5.91 Å². The third-order valence-electron chi connectivity index (χ3n) is 4.10. The van der Waals surface area contributed by atoms with Crippen LogP contribution in [0.4, 0.5) is 0 Å². The second-order valence-electron chi connectivity index (χ2n) is 7.31. The molecular formula is C19H34N2O5. The van der Waals surface area contributed by atoms with Crippen molar-refractivity contribution in [2.24, 2.45) is 0 Å². The molecule has 0 aliphatic heterocycles. The zero-order valence-corrected chi connectivity index (χ0v) is 17.0. The van der Waals surface area contributed by atoms with Crippen LogP contribution in [0, 0.1) is 0 Å². The van der Waals surface area contributed by atoms with Crippen molar-refractivity contribution < 1.29 is 23.9 Å². The van der Waals surface area contributed by atoms with Crippen LogP contribution in [0.2, 0.25) is 0 Å². The summed E-state index contributed by atoms with van der Waals surface area (Å²) >= 11 is 0. The SMILES string of the molecule is C/C=C\C(=O)N(C=O)CCC(=O)NCCC(C)(C)OCCC(C)(C)OC. The van der Waals surface area contributed by atoms with Crippen molar-refractivity contribution in [1.82, 2.24) is 10.2 Å². The molecule has 0 aromatic carbocycles. The molecule has 0 unspecified atom stereocenters. The average Bonchev–Trinajstić information content (AvgIpc) is 2.55. The van der Waals surface area contributed by atoms with Crippen molar-refractivity contribution in [1.29, 1.82) is 0 Å². The van der Waals surface area contributed by atoms with Crippen LogP contribution in [0.1, 0.15) is 53.9 Å². The maximum absolute atomic E-state index is 11.9. The molecule has 0 saturated heterocycles. The average molecular weight is 370 g/mol. The van der Waals surface area contributed by atoms with Gasteiger partial charge in [-0.25, -0.2) is 0 Å². The lowest BCUT2D eigenvalue weighted by atomic mass is 10.0. The monoisotopic (exact) mass is 370 g/mol. The standard InChI is InChI=1S/C19H34N2O5/c1-7-8-17(24)21(15-22)13-9-16(23)20-12-10-19(4,5)26-14-11-18(2,3)25-6/h7-8,15H,9-14H2,1-6H3,(H,20,23)/b8-7-. The maximum atomic E-state index is 11.9. The molecule has 0 bridgehead atoms. The predicted octanol–water partition coefficient (Wildman–Crippen LogP) is 2.05. The molecule has 0 atom stereocenters. The zero-order valence-electron chi connectivity index (χ0n) is 17.0. The van der Waals surface area contributed by atoms with Gasteiger partial charge in [-0.2, -0.15) is 0 Å². The number of nitrogens with zero attached hydrogens (tertiary/aromatic N) is 1. The molecule has 0 radical (unpaired) electrons. The molecule has 0 aromatic rings. The molecule has 7 nitrogen and oxygen atoms in total. The van der Waals surface area contributed by atoms with Crippen LogP contribution in [0.5, 0.6) is 0 Å². The summed E-state index contributed by atoms with van der Waals surface area (Å²) in [6.45, 7) is 10.7. The number of allylic oxidation sites excluding steroid dienone is 1. The van der Waals surface area contributed by atoms with Gasteiger partial charge >= 0.3 is 0 Å². The van der Waals surface area contributed by atoms with Crippen LogP contribution in [0.3, 0.4) is 0 Å². The summed E-state index contributed by atoms with van der Waals surface area (Å²) in [4.78, 5) is 35.3. The minimum Gasteiger partial charge on any atom is -0.379 e. The van der Waals surface area contributed by atoms with E-state index in [-0.39, 0.29) is 30.1 Å². The van der Waals surface area contributed by atoms with Crippen molar-refractivity contribution in [2.45, 2.75) is 65.1 Å². The van der Waals surface area contributed by atoms with Crippen LogP contribution in [0.15, 0.2) is 12.2 Å². The number of nitrogens with one attached hydrogen (secondary N) is 1. The van der Waals surface area contributed by atoms with Crippen molar-refractivity contribution in [3.05, 3.63) is 12.2 Å². The van der Waals surface area contributed by atoms with Gasteiger partial charge < -0.3 is 14.8 Å². The number of methoxy groups -OCH3 is 1. The van der Waals surface area contributed by atoms with Crippen LogP contribution >= 0.6 is 0 Å². The summed E-state index contributed by atoms with van der Waals surface area (Å²) in [6.07, 6.45) is 4.79. The molecule has 0 fully saturated rings. The van der Waals surface area contributed by atoms with Gasteiger partial charge in [-0.15, -0.1) is 0 Å². The van der Waals surface area contributed by atoms with Crippen molar-refractivity contribution in [3.63, 3.8) is 0 Å². The van der Waals surface area contributed by atoms with E-state index in [0.29, 0.717) is 26.0 Å². The van der Waals surface area contributed by atoms with E-state index in [1.165, 1.54) is 6.08 Å². The number of imide groups is 1. The Morgan fingerprint density at radius 3 is 2.31 bits per heavy atom. The molecule has 26 heavy (non-hydrogen) atoms. The van der Waals surface area contributed by atoms with Gasteiger partial charge in [-0.3, -0.25) is 19.3 Å². The number of carbonyl (C=O) groups is 3. The summed E-state index contributed by atoms with van der Waals surface area (Å²) in [5.41, 5.74) is -0.590. The Kier molecular flexibility index (Phi) is 11.0. The predicted molar refractivity (Wildman–Crippen MR) is 101 cm³/mol. The third-order valence-corrected chi connectivity index (χ3v) is 4.10. The Bertz CT molecular complexity index is 486. The summed E-state index contributed by atoms with van der Waals surface area (Å²) in [7, 11) is 1.68. The van der Waals surface area contributed by atoms with Crippen LogP contribution in [0.25, 0.3) is 0 Å². The van der Waals surface area contributed by atoms with Crippen LogP contribution in [-0.4, -0.2) is 61.1 Å². The highest BCUT2D eigenvalue weighted by atomic mass is 16.5. The fraction of sp³-hybridized carbons (Fsp3) is 0.737. The third kappa shape index (κ3) is 11.0. The van der Waals surface area contributed by atoms with Gasteiger partial charge in [0, 0.05) is 26.6 Å². The first-order valence-electron chi connectivity index (χ1n) is 8.91. The highest BCUT2D eigenvalue weighted by molar-refractivity contribution is 5.94. The smallest absolute Gasteiger partial charge is 0.252 e. The van der Waals surface area contributed by atoms with Gasteiger partial charge in [-0.05, 0) is 53.5 Å². The largest absolute Gasteiger partial charge is 0.379 e. The van der Waals surface area contributed by atoms with E-state index in [4.69, 9.17) is 9.47 Å². The van der Waals surface area contributed by atoms with E-state index in [0.717, 1.165) is 11.3 Å².